The zero-order valence-corrected chi connectivity index (χ0v) is 20.0. The second kappa shape index (κ2) is 19.0. The summed E-state index contributed by atoms with van der Waals surface area (Å²) in [6.07, 6.45) is 17.4. The molecule has 1 aliphatic carbocycles. The molecule has 163 valence electrons. The second-order valence-electron chi connectivity index (χ2n) is 7.03. The largest absolute Gasteiger partial charge is 0.512 e. The molecule has 1 aromatic rings. The maximum absolute atomic E-state index is 10.0. The minimum atomic E-state index is -0.0405. The summed E-state index contributed by atoms with van der Waals surface area (Å²) in [6, 6.07) is 10.0. The predicted molar refractivity (Wildman–Crippen MR) is 119 cm³/mol. The fraction of sp³-hybridized carbons (Fsp3) is 0.542. The van der Waals surface area contributed by atoms with Gasteiger partial charge in [0.1, 0.15) is 0 Å². The van der Waals surface area contributed by atoms with Crippen molar-refractivity contribution >= 4 is 10.2 Å². The summed E-state index contributed by atoms with van der Waals surface area (Å²) in [6.45, 7) is 0. The number of ether oxygens (including phenoxy) is 2. The zero-order chi connectivity index (χ0) is 20.5. The summed E-state index contributed by atoms with van der Waals surface area (Å²) < 4.78 is 10.4. The van der Waals surface area contributed by atoms with Crippen molar-refractivity contribution in [2.24, 2.45) is 0 Å². The summed E-state index contributed by atoms with van der Waals surface area (Å²) in [5.41, 5.74) is 0.937. The van der Waals surface area contributed by atoms with E-state index in [1.807, 2.05) is 48.6 Å². The van der Waals surface area contributed by atoms with Crippen LogP contribution in [-0.4, -0.2) is 35.9 Å². The van der Waals surface area contributed by atoms with E-state index in [1.165, 1.54) is 44.9 Å². The van der Waals surface area contributed by atoms with Crippen LogP contribution in [0, 0.1) is 0 Å². The standard InChI is InChI=1S/C19H31O3Si.C5H5.Fe/c1-21-19(22-2)15-10-8-6-4-3-5-7-9-13-17(20)16-12-11-14-18(16)23;1-2-4-5-3-1;/h11-12,14,19-20H,3-10,13,15H2,1-2H3;1-5H;/q;-1;/b17-16-;;. The molecule has 0 bridgehead atoms. The van der Waals surface area contributed by atoms with Crippen molar-refractivity contribution in [1.82, 2.24) is 0 Å². The van der Waals surface area contributed by atoms with Crippen molar-refractivity contribution in [3.05, 3.63) is 65.1 Å². The third kappa shape index (κ3) is 13.8. The Labute approximate surface area is 191 Å². The van der Waals surface area contributed by atoms with Crippen LogP contribution in [0.15, 0.2) is 65.1 Å². The molecule has 0 aromatic heterocycles. The molecule has 1 aromatic carbocycles. The Morgan fingerprint density at radius 3 is 1.97 bits per heavy atom. The molecular formula is C24H36FeO3Si-. The predicted octanol–water partition coefficient (Wildman–Crippen LogP) is 6.34. The quantitative estimate of drug-likeness (QED) is 0.124. The van der Waals surface area contributed by atoms with Gasteiger partial charge in [0.15, 0.2) is 6.29 Å². The first-order valence-corrected chi connectivity index (χ1v) is 10.9. The second-order valence-corrected chi connectivity index (χ2v) is 7.57. The summed E-state index contributed by atoms with van der Waals surface area (Å²) >= 11 is 0. The molecule has 29 heavy (non-hydrogen) atoms. The topological polar surface area (TPSA) is 38.7 Å². The Hall–Kier alpha value is -0.974. The Balaban J connectivity index is 0.00000113. The molecule has 2 rings (SSSR count). The van der Waals surface area contributed by atoms with E-state index in [0.29, 0.717) is 5.76 Å². The van der Waals surface area contributed by atoms with E-state index in [2.05, 4.69) is 10.2 Å². The van der Waals surface area contributed by atoms with Gasteiger partial charge in [-0.15, -0.1) is 0 Å². The van der Waals surface area contributed by atoms with Crippen molar-refractivity contribution in [3.8, 4) is 0 Å². The van der Waals surface area contributed by atoms with Gasteiger partial charge in [0.05, 0.1) is 16.0 Å². The minimum absolute atomic E-state index is 0. The van der Waals surface area contributed by atoms with Crippen molar-refractivity contribution in [1.29, 1.82) is 0 Å². The van der Waals surface area contributed by atoms with Crippen molar-refractivity contribution < 1.29 is 31.6 Å². The van der Waals surface area contributed by atoms with Gasteiger partial charge in [0.2, 0.25) is 0 Å². The number of allylic oxidation sites excluding steroid dienone is 6. The van der Waals surface area contributed by atoms with Crippen LogP contribution >= 0.6 is 0 Å². The molecule has 0 atom stereocenters. The molecule has 1 N–H and O–H groups in total. The van der Waals surface area contributed by atoms with Gasteiger partial charge < -0.3 is 14.6 Å². The van der Waals surface area contributed by atoms with Gasteiger partial charge in [-0.1, -0.05) is 61.9 Å². The van der Waals surface area contributed by atoms with E-state index in [1.54, 1.807) is 14.2 Å². The van der Waals surface area contributed by atoms with Crippen molar-refractivity contribution in [2.75, 3.05) is 14.2 Å². The Kier molecular flexibility index (Phi) is 18.4. The molecule has 5 heteroatoms. The van der Waals surface area contributed by atoms with Crippen molar-refractivity contribution in [2.45, 2.75) is 70.5 Å². The normalized spacial score (nSPS) is 14.3. The van der Waals surface area contributed by atoms with Crippen LogP contribution in [0.25, 0.3) is 0 Å². The molecule has 0 heterocycles. The summed E-state index contributed by atoms with van der Waals surface area (Å²) in [5.74, 6) is 0.505. The Morgan fingerprint density at radius 2 is 1.52 bits per heavy atom. The van der Waals surface area contributed by atoms with Gasteiger partial charge in [0, 0.05) is 43.3 Å². The van der Waals surface area contributed by atoms with E-state index in [4.69, 9.17) is 9.47 Å². The fourth-order valence-corrected chi connectivity index (χ4v) is 3.45. The Bertz CT molecular complexity index is 558. The maximum atomic E-state index is 10.0. The number of aliphatic hydroxyl groups is 1. The minimum Gasteiger partial charge on any atom is -0.512 e. The molecule has 0 saturated carbocycles. The molecule has 0 unspecified atom stereocenters. The van der Waals surface area contributed by atoms with Gasteiger partial charge in [0.25, 0.3) is 0 Å². The molecule has 0 amide bonds. The van der Waals surface area contributed by atoms with E-state index in [9.17, 15) is 5.11 Å². The first kappa shape index (κ1) is 28.0. The van der Waals surface area contributed by atoms with Gasteiger partial charge in [-0.05, 0) is 19.3 Å². The molecular weight excluding hydrogens is 420 g/mol. The molecule has 1 aliphatic rings. The number of hydrogen-bond donors (Lipinski definition) is 1. The monoisotopic (exact) mass is 456 g/mol. The summed E-state index contributed by atoms with van der Waals surface area (Å²) in [4.78, 5) is 0. The van der Waals surface area contributed by atoms with Gasteiger partial charge >= 0.3 is 0 Å². The third-order valence-corrected chi connectivity index (χ3v) is 5.25. The van der Waals surface area contributed by atoms with Crippen LogP contribution in [-0.2, 0) is 26.5 Å². The van der Waals surface area contributed by atoms with Crippen LogP contribution in [0.1, 0.15) is 64.2 Å². The van der Waals surface area contributed by atoms with Crippen LogP contribution < -0.4 is 0 Å². The maximum Gasteiger partial charge on any atom is 0.156 e. The van der Waals surface area contributed by atoms with E-state index >= 15 is 0 Å². The molecule has 3 nitrogen and oxygen atoms in total. The average molecular weight is 456 g/mol. The van der Waals surface area contributed by atoms with Crippen LogP contribution in [0.3, 0.4) is 0 Å². The molecule has 0 saturated heterocycles. The zero-order valence-electron chi connectivity index (χ0n) is 17.9. The average Bonchev–Trinajstić information content (AvgIpc) is 3.41. The van der Waals surface area contributed by atoms with Gasteiger partial charge in [-0.3, -0.25) is 0 Å². The number of methoxy groups -OCH3 is 2. The summed E-state index contributed by atoms with van der Waals surface area (Å²) in [7, 11) is 6.89. The molecule has 0 aliphatic heterocycles. The first-order valence-electron chi connectivity index (χ1n) is 10.4. The number of aliphatic hydroxyl groups excluding tert-OH is 1. The van der Waals surface area contributed by atoms with Crippen LogP contribution in [0.2, 0.25) is 0 Å². The number of unbranched alkanes of at least 4 members (excludes halogenated alkanes) is 7. The fourth-order valence-electron chi connectivity index (χ4n) is 3.12. The van der Waals surface area contributed by atoms with Crippen molar-refractivity contribution in [3.63, 3.8) is 0 Å². The number of rotatable bonds is 13. The van der Waals surface area contributed by atoms with Gasteiger partial charge in [-0.2, -0.15) is 18.2 Å². The molecule has 0 spiro atoms. The first-order chi connectivity index (χ1) is 13.7. The third-order valence-electron chi connectivity index (χ3n) is 4.81. The van der Waals surface area contributed by atoms with E-state index in [0.717, 1.165) is 30.0 Å². The van der Waals surface area contributed by atoms with E-state index in [-0.39, 0.29) is 23.4 Å². The van der Waals surface area contributed by atoms with Crippen LogP contribution in [0.4, 0.5) is 0 Å². The molecule has 0 fully saturated rings. The van der Waals surface area contributed by atoms with E-state index < -0.39 is 0 Å². The number of hydrogen-bond acceptors (Lipinski definition) is 3. The molecule has 3 radical (unpaired) electrons. The summed E-state index contributed by atoms with van der Waals surface area (Å²) in [5, 5.41) is 11.0. The Morgan fingerprint density at radius 1 is 0.966 bits per heavy atom. The SMILES string of the molecule is COC(CCCCCCCCCC/C(O)=C1\C=CC=C1[Si])OC.[Fe].c1cc[cH-]c1. The smallest absolute Gasteiger partial charge is 0.156 e. The van der Waals surface area contributed by atoms with Crippen LogP contribution in [0.5, 0.6) is 0 Å². The van der Waals surface area contributed by atoms with Gasteiger partial charge in [-0.25, -0.2) is 12.1 Å².